The van der Waals surface area contributed by atoms with Gasteiger partial charge in [-0.3, -0.25) is 0 Å². The van der Waals surface area contributed by atoms with E-state index in [1.807, 2.05) is 0 Å². The van der Waals surface area contributed by atoms with Crippen LogP contribution in [0.15, 0.2) is 267 Å². The standard InChI is InChI=1S/C66H44N2/c1-4-19-47(20-5-1)64-59-30-13-12-28-56(59)57-41-38-52(44-61(57)65(64)48-21-6-2-7-22-48)46-36-39-54(40-37-46)67(55-27-16-24-50(43-55)51-35-34-45-18-10-11-23-49(45)42-51)63-33-17-31-60-58-29-14-15-32-62(58)68(66(60)63)53-25-8-3-9-26-53/h1-44H. The van der Waals surface area contributed by atoms with Crippen LogP contribution in [0.2, 0.25) is 0 Å². The van der Waals surface area contributed by atoms with Crippen LogP contribution in [0.1, 0.15) is 0 Å². The van der Waals surface area contributed by atoms with Crippen molar-refractivity contribution in [1.82, 2.24) is 4.57 Å². The Morgan fingerprint density at radius 3 is 1.56 bits per heavy atom. The first-order valence-electron chi connectivity index (χ1n) is 23.4. The lowest BCUT2D eigenvalue weighted by Crippen LogP contribution is -2.11. The SMILES string of the molecule is c1ccc(-c2c(-c3ccccc3)c3cc(-c4ccc(N(c5cccc(-c6ccc7ccccc7c6)c5)c5cccc6c7ccccc7n(-c7ccccc7)c56)cc4)ccc3c3ccccc23)cc1. The highest BCUT2D eigenvalue weighted by molar-refractivity contribution is 6.22. The molecule has 0 spiro atoms. The number of anilines is 3. The molecule has 0 atom stereocenters. The number of fused-ring (bicyclic) bond motifs is 7. The molecule has 0 amide bonds. The van der Waals surface area contributed by atoms with E-state index >= 15 is 0 Å². The van der Waals surface area contributed by atoms with E-state index in [1.54, 1.807) is 0 Å². The number of hydrogen-bond donors (Lipinski definition) is 0. The van der Waals surface area contributed by atoms with Gasteiger partial charge in [0.1, 0.15) is 0 Å². The van der Waals surface area contributed by atoms with E-state index in [4.69, 9.17) is 0 Å². The molecule has 12 aromatic carbocycles. The van der Waals surface area contributed by atoms with Crippen molar-refractivity contribution in [3.8, 4) is 50.2 Å². The predicted octanol–water partition coefficient (Wildman–Crippen LogP) is 18.4. The summed E-state index contributed by atoms with van der Waals surface area (Å²) in [5.41, 5.74) is 16.3. The molecule has 1 aromatic heterocycles. The lowest BCUT2D eigenvalue weighted by molar-refractivity contribution is 1.17. The van der Waals surface area contributed by atoms with Crippen LogP contribution in [0.25, 0.3) is 104 Å². The summed E-state index contributed by atoms with van der Waals surface area (Å²) in [5, 5.41) is 9.91. The van der Waals surface area contributed by atoms with Gasteiger partial charge in [-0.25, -0.2) is 0 Å². The second-order valence-electron chi connectivity index (χ2n) is 17.6. The Hall–Kier alpha value is -8.98. The molecule has 0 aliphatic rings. The summed E-state index contributed by atoms with van der Waals surface area (Å²) in [6, 6.07) is 97.6. The first kappa shape index (κ1) is 39.4. The van der Waals surface area contributed by atoms with Crippen molar-refractivity contribution in [2.75, 3.05) is 4.90 Å². The van der Waals surface area contributed by atoms with E-state index in [1.165, 1.54) is 87.6 Å². The third-order valence-electron chi connectivity index (χ3n) is 13.7. The number of rotatable bonds is 8. The smallest absolute Gasteiger partial charge is 0.0782 e. The average Bonchev–Trinajstić information content (AvgIpc) is 3.76. The third-order valence-corrected chi connectivity index (χ3v) is 13.7. The molecular formula is C66H44N2. The van der Waals surface area contributed by atoms with E-state index in [0.29, 0.717) is 0 Å². The minimum Gasteiger partial charge on any atom is -0.308 e. The van der Waals surface area contributed by atoms with Crippen molar-refractivity contribution in [3.63, 3.8) is 0 Å². The molecule has 0 aliphatic heterocycles. The van der Waals surface area contributed by atoms with Crippen LogP contribution < -0.4 is 4.90 Å². The molecule has 0 radical (unpaired) electrons. The minimum atomic E-state index is 1.07. The predicted molar refractivity (Wildman–Crippen MR) is 290 cm³/mol. The first-order chi connectivity index (χ1) is 33.7. The van der Waals surface area contributed by atoms with Gasteiger partial charge < -0.3 is 9.47 Å². The molecule has 2 heteroatoms. The Balaban J connectivity index is 1.01. The molecule has 13 rings (SSSR count). The van der Waals surface area contributed by atoms with Crippen molar-refractivity contribution < 1.29 is 0 Å². The zero-order chi connectivity index (χ0) is 45.0. The monoisotopic (exact) mass is 864 g/mol. The molecule has 0 saturated heterocycles. The molecule has 0 fully saturated rings. The van der Waals surface area contributed by atoms with Crippen molar-refractivity contribution in [2.24, 2.45) is 0 Å². The van der Waals surface area contributed by atoms with Crippen LogP contribution >= 0.6 is 0 Å². The van der Waals surface area contributed by atoms with Gasteiger partial charge in [-0.05, 0) is 137 Å². The van der Waals surface area contributed by atoms with Crippen LogP contribution in [-0.2, 0) is 0 Å². The molecule has 13 aromatic rings. The second kappa shape index (κ2) is 16.5. The third kappa shape index (κ3) is 6.65. The van der Waals surface area contributed by atoms with Gasteiger partial charge in [-0.15, -0.1) is 0 Å². The van der Waals surface area contributed by atoms with E-state index in [0.717, 1.165) is 33.8 Å². The van der Waals surface area contributed by atoms with Gasteiger partial charge in [-0.1, -0.05) is 206 Å². The summed E-state index contributed by atoms with van der Waals surface area (Å²) in [5.74, 6) is 0. The van der Waals surface area contributed by atoms with Crippen LogP contribution in [-0.4, -0.2) is 4.57 Å². The second-order valence-corrected chi connectivity index (χ2v) is 17.6. The van der Waals surface area contributed by atoms with Gasteiger partial charge in [0, 0.05) is 27.8 Å². The summed E-state index contributed by atoms with van der Waals surface area (Å²) in [6.45, 7) is 0. The maximum atomic E-state index is 2.45. The molecule has 0 saturated carbocycles. The quantitative estimate of drug-likeness (QED) is 0.138. The van der Waals surface area contributed by atoms with Crippen LogP contribution in [0.3, 0.4) is 0 Å². The van der Waals surface area contributed by atoms with Crippen LogP contribution in [0.4, 0.5) is 17.1 Å². The maximum absolute atomic E-state index is 2.45. The zero-order valence-corrected chi connectivity index (χ0v) is 37.3. The number of nitrogens with zero attached hydrogens (tertiary/aromatic N) is 2. The number of aromatic nitrogens is 1. The summed E-state index contributed by atoms with van der Waals surface area (Å²) in [6.07, 6.45) is 0. The lowest BCUT2D eigenvalue weighted by atomic mass is 9.84. The van der Waals surface area contributed by atoms with E-state index in [-0.39, 0.29) is 0 Å². The van der Waals surface area contributed by atoms with Crippen molar-refractivity contribution in [2.45, 2.75) is 0 Å². The lowest BCUT2D eigenvalue weighted by Gasteiger charge is -2.28. The number of benzene rings is 12. The van der Waals surface area contributed by atoms with E-state index in [2.05, 4.69) is 276 Å². The highest BCUT2D eigenvalue weighted by Gasteiger charge is 2.23. The summed E-state index contributed by atoms with van der Waals surface area (Å²) in [4.78, 5) is 2.45. The van der Waals surface area contributed by atoms with Gasteiger partial charge in [0.2, 0.25) is 0 Å². The average molecular weight is 865 g/mol. The normalized spacial score (nSPS) is 11.5. The summed E-state index contributed by atoms with van der Waals surface area (Å²) < 4.78 is 2.43. The zero-order valence-electron chi connectivity index (χ0n) is 37.3. The van der Waals surface area contributed by atoms with Gasteiger partial charge in [0.25, 0.3) is 0 Å². The van der Waals surface area contributed by atoms with Crippen molar-refractivity contribution in [3.05, 3.63) is 267 Å². The van der Waals surface area contributed by atoms with Gasteiger partial charge in [0.05, 0.1) is 16.7 Å². The van der Waals surface area contributed by atoms with Crippen LogP contribution in [0, 0.1) is 0 Å². The minimum absolute atomic E-state index is 1.07. The fourth-order valence-electron chi connectivity index (χ4n) is 10.6. The van der Waals surface area contributed by atoms with Crippen molar-refractivity contribution >= 4 is 71.2 Å². The largest absolute Gasteiger partial charge is 0.308 e. The summed E-state index contributed by atoms with van der Waals surface area (Å²) in [7, 11) is 0. The first-order valence-corrected chi connectivity index (χ1v) is 23.4. The fraction of sp³-hybridized carbons (Fsp3) is 0. The molecule has 0 bridgehead atoms. The van der Waals surface area contributed by atoms with E-state index < -0.39 is 0 Å². The van der Waals surface area contributed by atoms with Crippen molar-refractivity contribution in [1.29, 1.82) is 0 Å². The topological polar surface area (TPSA) is 8.17 Å². The Kier molecular flexibility index (Phi) is 9.54. The molecule has 0 aliphatic carbocycles. The summed E-state index contributed by atoms with van der Waals surface area (Å²) >= 11 is 0. The Bertz CT molecular complexity index is 4000. The highest BCUT2D eigenvalue weighted by Crippen LogP contribution is 2.47. The van der Waals surface area contributed by atoms with Gasteiger partial charge in [0.15, 0.2) is 0 Å². The van der Waals surface area contributed by atoms with Gasteiger partial charge in [-0.2, -0.15) is 0 Å². The molecule has 318 valence electrons. The molecular weight excluding hydrogens is 821 g/mol. The maximum Gasteiger partial charge on any atom is 0.0782 e. The molecule has 0 N–H and O–H groups in total. The molecule has 1 heterocycles. The fourth-order valence-corrected chi connectivity index (χ4v) is 10.6. The molecule has 0 unspecified atom stereocenters. The van der Waals surface area contributed by atoms with E-state index in [9.17, 15) is 0 Å². The Morgan fingerprint density at radius 2 is 0.794 bits per heavy atom. The van der Waals surface area contributed by atoms with Crippen LogP contribution in [0.5, 0.6) is 0 Å². The number of para-hydroxylation sites is 3. The molecule has 2 nitrogen and oxygen atoms in total. The Labute approximate surface area is 395 Å². The highest BCUT2D eigenvalue weighted by atomic mass is 15.2. The Morgan fingerprint density at radius 1 is 0.265 bits per heavy atom. The number of hydrogen-bond acceptors (Lipinski definition) is 1. The van der Waals surface area contributed by atoms with Gasteiger partial charge >= 0.3 is 0 Å². The molecule has 68 heavy (non-hydrogen) atoms.